The largest absolute Gasteiger partial charge is 0.497 e. The summed E-state index contributed by atoms with van der Waals surface area (Å²) in [5, 5.41) is 3.50. The Morgan fingerprint density at radius 2 is 1.62 bits per heavy atom. The average Bonchev–Trinajstić information content (AvgIpc) is 2.95. The zero-order valence-electron chi connectivity index (χ0n) is 14.6. The van der Waals surface area contributed by atoms with Crippen LogP contribution in [0.5, 0.6) is 5.75 Å². The molecule has 4 rings (SSSR count). The van der Waals surface area contributed by atoms with Crippen molar-refractivity contribution in [3.05, 3.63) is 95.6 Å². The number of benzene rings is 3. The van der Waals surface area contributed by atoms with Crippen molar-refractivity contribution in [2.24, 2.45) is 0 Å². The molecule has 130 valence electrons. The van der Waals surface area contributed by atoms with Gasteiger partial charge < -0.3 is 15.0 Å². The molecule has 1 N–H and O–H groups in total. The summed E-state index contributed by atoms with van der Waals surface area (Å²) in [6.45, 7) is 0.558. The molecule has 1 aliphatic rings. The van der Waals surface area contributed by atoms with Gasteiger partial charge >= 0.3 is 0 Å². The molecule has 0 spiro atoms. The molecule has 4 heteroatoms. The van der Waals surface area contributed by atoms with E-state index in [1.54, 1.807) is 7.11 Å². The van der Waals surface area contributed by atoms with Crippen molar-refractivity contribution in [3.8, 4) is 5.75 Å². The van der Waals surface area contributed by atoms with E-state index in [9.17, 15) is 4.79 Å². The van der Waals surface area contributed by atoms with Crippen molar-refractivity contribution in [3.63, 3.8) is 0 Å². The monoisotopic (exact) mass is 344 g/mol. The smallest absolute Gasteiger partial charge is 0.256 e. The predicted molar refractivity (Wildman–Crippen MR) is 102 cm³/mol. The first-order valence-electron chi connectivity index (χ1n) is 8.60. The molecule has 0 aromatic heterocycles. The molecule has 1 atom stereocenters. The summed E-state index contributed by atoms with van der Waals surface area (Å²) in [6, 6.07) is 25.6. The number of ether oxygens (including phenoxy) is 1. The number of nitrogens with one attached hydrogen (secondary N) is 1. The summed E-state index contributed by atoms with van der Waals surface area (Å²) in [6.07, 6.45) is -0.202. The molecule has 0 saturated heterocycles. The predicted octanol–water partition coefficient (Wildman–Crippen LogP) is 4.46. The van der Waals surface area contributed by atoms with Crippen molar-refractivity contribution in [2.75, 3.05) is 12.4 Å². The third kappa shape index (κ3) is 3.02. The molecular formula is C22H20N2O2. The highest BCUT2D eigenvalue weighted by Gasteiger charge is 2.36. The van der Waals surface area contributed by atoms with Gasteiger partial charge in [-0.3, -0.25) is 4.79 Å². The van der Waals surface area contributed by atoms with Gasteiger partial charge in [-0.15, -0.1) is 0 Å². The topological polar surface area (TPSA) is 41.6 Å². The SMILES string of the molecule is COc1ccc(N[C@@H]2c3ccccc3C(=O)N2Cc2ccccc2)cc1. The van der Waals surface area contributed by atoms with Gasteiger partial charge in [0.05, 0.1) is 7.11 Å². The molecule has 26 heavy (non-hydrogen) atoms. The van der Waals surface area contributed by atoms with Gasteiger partial charge in [0.25, 0.3) is 5.91 Å². The van der Waals surface area contributed by atoms with E-state index in [0.29, 0.717) is 6.54 Å². The minimum Gasteiger partial charge on any atom is -0.497 e. The van der Waals surface area contributed by atoms with Crippen molar-refractivity contribution in [1.29, 1.82) is 0 Å². The highest BCUT2D eigenvalue weighted by molar-refractivity contribution is 5.99. The molecule has 1 heterocycles. The molecule has 1 amide bonds. The molecule has 0 fully saturated rings. The van der Waals surface area contributed by atoms with E-state index < -0.39 is 0 Å². The van der Waals surface area contributed by atoms with Crippen LogP contribution in [0.25, 0.3) is 0 Å². The van der Waals surface area contributed by atoms with E-state index in [1.807, 2.05) is 83.8 Å². The van der Waals surface area contributed by atoms with E-state index in [4.69, 9.17) is 4.74 Å². The lowest BCUT2D eigenvalue weighted by Crippen LogP contribution is -2.31. The maximum atomic E-state index is 13.0. The van der Waals surface area contributed by atoms with Gasteiger partial charge in [0.2, 0.25) is 0 Å². The second-order valence-corrected chi connectivity index (χ2v) is 6.28. The fourth-order valence-corrected chi connectivity index (χ4v) is 3.31. The van der Waals surface area contributed by atoms with Gasteiger partial charge in [-0.1, -0.05) is 48.5 Å². The van der Waals surface area contributed by atoms with E-state index in [0.717, 1.165) is 28.1 Å². The lowest BCUT2D eigenvalue weighted by Gasteiger charge is -2.27. The maximum absolute atomic E-state index is 13.0. The number of amides is 1. The van der Waals surface area contributed by atoms with Crippen LogP contribution < -0.4 is 10.1 Å². The van der Waals surface area contributed by atoms with Crippen molar-refractivity contribution < 1.29 is 9.53 Å². The highest BCUT2D eigenvalue weighted by Crippen LogP contribution is 2.35. The Hall–Kier alpha value is -3.27. The van der Waals surface area contributed by atoms with Crippen LogP contribution in [0.1, 0.15) is 27.7 Å². The minimum absolute atomic E-state index is 0.0514. The molecule has 0 bridgehead atoms. The Morgan fingerprint density at radius 1 is 0.923 bits per heavy atom. The first kappa shape index (κ1) is 16.2. The summed E-state index contributed by atoms with van der Waals surface area (Å²) < 4.78 is 5.22. The normalized spacial score (nSPS) is 15.7. The standard InChI is InChI=1S/C22H20N2O2/c1-26-18-13-11-17(12-14-18)23-21-19-9-5-6-10-20(19)22(25)24(21)15-16-7-3-2-4-8-16/h2-14,21,23H,15H2,1H3/t21-/m0/s1. The fraction of sp³-hybridized carbons (Fsp3) is 0.136. The summed E-state index contributed by atoms with van der Waals surface area (Å²) in [4.78, 5) is 14.8. The van der Waals surface area contributed by atoms with Gasteiger partial charge in [-0.05, 0) is 35.9 Å². The second-order valence-electron chi connectivity index (χ2n) is 6.28. The summed E-state index contributed by atoms with van der Waals surface area (Å²) in [5.74, 6) is 0.857. The van der Waals surface area contributed by atoms with Gasteiger partial charge in [-0.2, -0.15) is 0 Å². The van der Waals surface area contributed by atoms with Gasteiger partial charge in [-0.25, -0.2) is 0 Å². The zero-order valence-corrected chi connectivity index (χ0v) is 14.6. The molecule has 3 aromatic carbocycles. The van der Waals surface area contributed by atoms with Crippen LogP contribution in [-0.2, 0) is 6.54 Å². The van der Waals surface area contributed by atoms with E-state index >= 15 is 0 Å². The Balaban J connectivity index is 1.66. The van der Waals surface area contributed by atoms with Crippen LogP contribution >= 0.6 is 0 Å². The van der Waals surface area contributed by atoms with E-state index in [-0.39, 0.29) is 12.1 Å². The number of hydrogen-bond acceptors (Lipinski definition) is 3. The minimum atomic E-state index is -0.202. The van der Waals surface area contributed by atoms with Crippen LogP contribution in [0.2, 0.25) is 0 Å². The number of fused-ring (bicyclic) bond motifs is 1. The van der Waals surface area contributed by atoms with Crippen LogP contribution in [0.15, 0.2) is 78.9 Å². The van der Waals surface area contributed by atoms with Crippen LogP contribution in [-0.4, -0.2) is 17.9 Å². The fourth-order valence-electron chi connectivity index (χ4n) is 3.31. The Labute approximate surface area is 153 Å². The molecule has 0 radical (unpaired) electrons. The van der Waals surface area contributed by atoms with Gasteiger partial charge in [0.1, 0.15) is 11.9 Å². The number of hydrogen-bond donors (Lipinski definition) is 1. The molecule has 0 unspecified atom stereocenters. The third-order valence-electron chi connectivity index (χ3n) is 4.65. The molecule has 1 aliphatic heterocycles. The zero-order chi connectivity index (χ0) is 17.9. The Bertz CT molecular complexity index is 907. The van der Waals surface area contributed by atoms with Crippen LogP contribution in [0.4, 0.5) is 5.69 Å². The number of methoxy groups -OCH3 is 1. The second kappa shape index (κ2) is 6.92. The van der Waals surface area contributed by atoms with E-state index in [1.165, 1.54) is 0 Å². The van der Waals surface area contributed by atoms with Crippen molar-refractivity contribution in [2.45, 2.75) is 12.7 Å². The van der Waals surface area contributed by atoms with E-state index in [2.05, 4.69) is 5.32 Å². The highest BCUT2D eigenvalue weighted by atomic mass is 16.5. The molecule has 4 nitrogen and oxygen atoms in total. The van der Waals surface area contributed by atoms with Gasteiger partial charge in [0, 0.05) is 23.4 Å². The number of nitrogens with zero attached hydrogens (tertiary/aromatic N) is 1. The van der Waals surface area contributed by atoms with Crippen molar-refractivity contribution in [1.82, 2.24) is 4.90 Å². The summed E-state index contributed by atoms with van der Waals surface area (Å²) >= 11 is 0. The van der Waals surface area contributed by atoms with Crippen LogP contribution in [0.3, 0.4) is 0 Å². The number of carbonyl (C=O) groups excluding carboxylic acids is 1. The maximum Gasteiger partial charge on any atom is 0.256 e. The number of rotatable bonds is 5. The lowest BCUT2D eigenvalue weighted by atomic mass is 10.1. The molecule has 0 aliphatic carbocycles. The first-order valence-corrected chi connectivity index (χ1v) is 8.60. The quantitative estimate of drug-likeness (QED) is 0.743. The summed E-state index contributed by atoms with van der Waals surface area (Å²) in [7, 11) is 1.65. The summed E-state index contributed by atoms with van der Waals surface area (Å²) in [5.41, 5.74) is 3.81. The first-order chi connectivity index (χ1) is 12.8. The molecule has 3 aromatic rings. The third-order valence-corrected chi connectivity index (χ3v) is 4.65. The van der Waals surface area contributed by atoms with Crippen molar-refractivity contribution >= 4 is 11.6 Å². The Kier molecular flexibility index (Phi) is 4.32. The molecule has 0 saturated carbocycles. The molecular weight excluding hydrogens is 324 g/mol. The van der Waals surface area contributed by atoms with Crippen LogP contribution in [0, 0.1) is 0 Å². The number of carbonyl (C=O) groups is 1. The van der Waals surface area contributed by atoms with Gasteiger partial charge in [0.15, 0.2) is 0 Å². The number of anilines is 1. The lowest BCUT2D eigenvalue weighted by molar-refractivity contribution is 0.0729. The average molecular weight is 344 g/mol. The Morgan fingerprint density at radius 3 is 2.35 bits per heavy atom.